The van der Waals surface area contributed by atoms with Gasteiger partial charge >= 0.3 is 0 Å². The van der Waals surface area contributed by atoms with Gasteiger partial charge in [-0.3, -0.25) is 4.79 Å². The van der Waals surface area contributed by atoms with E-state index in [9.17, 15) is 4.79 Å². The lowest BCUT2D eigenvalue weighted by Gasteiger charge is -2.21. The summed E-state index contributed by atoms with van der Waals surface area (Å²) in [6, 6.07) is 8.85. The number of carbonyl (C=O) groups is 1. The Kier molecular flexibility index (Phi) is 4.59. The highest BCUT2D eigenvalue weighted by molar-refractivity contribution is 5.77. The van der Waals surface area contributed by atoms with Gasteiger partial charge in [0.05, 0.1) is 0 Å². The van der Waals surface area contributed by atoms with E-state index < -0.39 is 0 Å². The Morgan fingerprint density at radius 2 is 2.16 bits per heavy atom. The second-order valence-corrected chi connectivity index (χ2v) is 5.58. The van der Waals surface area contributed by atoms with Crippen molar-refractivity contribution >= 4 is 5.91 Å². The van der Waals surface area contributed by atoms with Crippen molar-refractivity contribution in [2.45, 2.75) is 45.1 Å². The molecule has 1 aromatic carbocycles. The Balaban J connectivity index is 2.05. The molecule has 1 saturated heterocycles. The highest BCUT2D eigenvalue weighted by Crippen LogP contribution is 2.33. The van der Waals surface area contributed by atoms with Crippen LogP contribution in [0.2, 0.25) is 0 Å². The Bertz CT molecular complexity index is 444. The molecule has 0 radical (unpaired) electrons. The van der Waals surface area contributed by atoms with Gasteiger partial charge in [0.15, 0.2) is 0 Å². The van der Waals surface area contributed by atoms with Crippen molar-refractivity contribution in [1.82, 2.24) is 4.90 Å². The molecule has 2 rings (SSSR count). The molecular formula is C16H24N2O. The van der Waals surface area contributed by atoms with Crippen LogP contribution in [0.5, 0.6) is 0 Å². The van der Waals surface area contributed by atoms with Crippen LogP contribution in [0.3, 0.4) is 0 Å². The first kappa shape index (κ1) is 14.1. The zero-order chi connectivity index (χ0) is 13.8. The largest absolute Gasteiger partial charge is 0.339 e. The number of hydrogen-bond acceptors (Lipinski definition) is 2. The lowest BCUT2D eigenvalue weighted by molar-refractivity contribution is -0.131. The van der Waals surface area contributed by atoms with E-state index in [1.165, 1.54) is 11.1 Å². The molecule has 3 nitrogen and oxygen atoms in total. The summed E-state index contributed by atoms with van der Waals surface area (Å²) >= 11 is 0. The normalized spacial score (nSPS) is 22.8. The van der Waals surface area contributed by atoms with E-state index in [1.807, 2.05) is 4.90 Å². The van der Waals surface area contributed by atoms with Crippen molar-refractivity contribution in [1.29, 1.82) is 0 Å². The summed E-state index contributed by atoms with van der Waals surface area (Å²) in [5.41, 5.74) is 8.20. The average Bonchev–Trinajstić information content (AvgIpc) is 2.78. The zero-order valence-electron chi connectivity index (χ0n) is 11.9. The molecule has 0 saturated carbocycles. The maximum Gasteiger partial charge on any atom is 0.222 e. The van der Waals surface area contributed by atoms with Gasteiger partial charge in [-0.2, -0.15) is 0 Å². The highest BCUT2D eigenvalue weighted by atomic mass is 16.2. The third-order valence-corrected chi connectivity index (χ3v) is 4.12. The first-order valence-electron chi connectivity index (χ1n) is 7.18. The van der Waals surface area contributed by atoms with Gasteiger partial charge in [0.1, 0.15) is 0 Å². The smallest absolute Gasteiger partial charge is 0.222 e. The lowest BCUT2D eigenvalue weighted by atomic mass is 9.93. The first-order chi connectivity index (χ1) is 9.13. The molecule has 104 valence electrons. The Morgan fingerprint density at radius 3 is 2.84 bits per heavy atom. The standard InChI is InChI=1S/C16H24N2O/c1-12-6-3-4-7-15(12)14-10-13(2)18(11-14)16(19)8-5-9-17/h3-4,6-7,13-14H,5,8-11,17H2,1-2H3. The maximum atomic E-state index is 12.1. The minimum Gasteiger partial charge on any atom is -0.339 e. The van der Waals surface area contributed by atoms with E-state index in [2.05, 4.69) is 38.1 Å². The number of benzene rings is 1. The van der Waals surface area contributed by atoms with Crippen molar-refractivity contribution in [2.24, 2.45) is 5.73 Å². The van der Waals surface area contributed by atoms with Gasteiger partial charge in [0.2, 0.25) is 5.91 Å². The van der Waals surface area contributed by atoms with Gasteiger partial charge in [0, 0.05) is 24.9 Å². The molecule has 2 atom stereocenters. The third kappa shape index (κ3) is 3.16. The van der Waals surface area contributed by atoms with Crippen molar-refractivity contribution < 1.29 is 4.79 Å². The Hall–Kier alpha value is -1.35. The van der Waals surface area contributed by atoms with Crippen molar-refractivity contribution in [3.05, 3.63) is 35.4 Å². The topological polar surface area (TPSA) is 46.3 Å². The van der Waals surface area contributed by atoms with E-state index in [0.29, 0.717) is 24.9 Å². The number of likely N-dealkylation sites (tertiary alicyclic amines) is 1. The zero-order valence-corrected chi connectivity index (χ0v) is 11.9. The molecule has 0 spiro atoms. The second kappa shape index (κ2) is 6.20. The fourth-order valence-electron chi connectivity index (χ4n) is 3.05. The summed E-state index contributed by atoms with van der Waals surface area (Å²) in [5.74, 6) is 0.743. The minimum absolute atomic E-state index is 0.258. The Morgan fingerprint density at radius 1 is 1.42 bits per heavy atom. The number of amides is 1. The number of rotatable bonds is 4. The van der Waals surface area contributed by atoms with Crippen LogP contribution in [-0.2, 0) is 4.79 Å². The molecule has 0 aromatic heterocycles. The third-order valence-electron chi connectivity index (χ3n) is 4.12. The van der Waals surface area contributed by atoms with E-state index in [1.54, 1.807) is 0 Å². The summed E-state index contributed by atoms with van der Waals surface area (Å²) in [5, 5.41) is 0. The van der Waals surface area contributed by atoms with Gasteiger partial charge < -0.3 is 10.6 Å². The number of aryl methyl sites for hydroxylation is 1. The van der Waals surface area contributed by atoms with Gasteiger partial charge in [-0.05, 0) is 44.4 Å². The second-order valence-electron chi connectivity index (χ2n) is 5.58. The van der Waals surface area contributed by atoms with Crippen molar-refractivity contribution in [2.75, 3.05) is 13.1 Å². The molecule has 0 bridgehead atoms. The maximum absolute atomic E-state index is 12.1. The van der Waals surface area contributed by atoms with Crippen LogP contribution in [0.25, 0.3) is 0 Å². The minimum atomic E-state index is 0.258. The molecule has 0 aliphatic carbocycles. The van der Waals surface area contributed by atoms with E-state index in [4.69, 9.17) is 5.73 Å². The first-order valence-corrected chi connectivity index (χ1v) is 7.18. The molecule has 1 amide bonds. The van der Waals surface area contributed by atoms with Crippen LogP contribution in [-0.4, -0.2) is 29.9 Å². The van der Waals surface area contributed by atoms with E-state index in [0.717, 1.165) is 19.4 Å². The van der Waals surface area contributed by atoms with Crippen LogP contribution in [0, 0.1) is 6.92 Å². The predicted molar refractivity (Wildman–Crippen MR) is 78.0 cm³/mol. The summed E-state index contributed by atoms with van der Waals surface area (Å²) < 4.78 is 0. The summed E-state index contributed by atoms with van der Waals surface area (Å²) in [6.07, 6.45) is 2.44. The van der Waals surface area contributed by atoms with Gasteiger partial charge in [-0.15, -0.1) is 0 Å². The molecule has 1 aromatic rings. The van der Waals surface area contributed by atoms with Crippen LogP contribution in [0.1, 0.15) is 43.2 Å². The fraction of sp³-hybridized carbons (Fsp3) is 0.562. The SMILES string of the molecule is Cc1ccccc1C1CC(C)N(C(=O)CCCN)C1. The molecule has 3 heteroatoms. The van der Waals surface area contributed by atoms with E-state index in [-0.39, 0.29) is 5.91 Å². The predicted octanol–water partition coefficient (Wildman–Crippen LogP) is 2.44. The molecular weight excluding hydrogens is 236 g/mol. The summed E-state index contributed by atoms with van der Waals surface area (Å²) in [6.45, 7) is 5.75. The van der Waals surface area contributed by atoms with Crippen molar-refractivity contribution in [3.63, 3.8) is 0 Å². The van der Waals surface area contributed by atoms with Crippen molar-refractivity contribution in [3.8, 4) is 0 Å². The quantitative estimate of drug-likeness (QED) is 0.904. The lowest BCUT2D eigenvalue weighted by Crippen LogP contribution is -2.34. The van der Waals surface area contributed by atoms with Gasteiger partial charge in [-0.25, -0.2) is 0 Å². The molecule has 1 fully saturated rings. The number of nitrogens with two attached hydrogens (primary N) is 1. The number of hydrogen-bond donors (Lipinski definition) is 1. The molecule has 19 heavy (non-hydrogen) atoms. The molecule has 2 N–H and O–H groups in total. The number of carbonyl (C=O) groups excluding carboxylic acids is 1. The van der Waals surface area contributed by atoms with Crippen LogP contribution < -0.4 is 5.73 Å². The fourth-order valence-corrected chi connectivity index (χ4v) is 3.05. The molecule has 2 unspecified atom stereocenters. The monoisotopic (exact) mass is 260 g/mol. The average molecular weight is 260 g/mol. The highest BCUT2D eigenvalue weighted by Gasteiger charge is 2.33. The summed E-state index contributed by atoms with van der Waals surface area (Å²) in [7, 11) is 0. The Labute approximate surface area is 115 Å². The number of nitrogens with zero attached hydrogens (tertiary/aromatic N) is 1. The van der Waals surface area contributed by atoms with Gasteiger partial charge in [-0.1, -0.05) is 24.3 Å². The molecule has 1 aliphatic heterocycles. The van der Waals surface area contributed by atoms with E-state index >= 15 is 0 Å². The van der Waals surface area contributed by atoms with Gasteiger partial charge in [0.25, 0.3) is 0 Å². The summed E-state index contributed by atoms with van der Waals surface area (Å²) in [4.78, 5) is 14.2. The molecule has 1 aliphatic rings. The van der Waals surface area contributed by atoms with Crippen LogP contribution >= 0.6 is 0 Å². The van der Waals surface area contributed by atoms with Crippen LogP contribution in [0.15, 0.2) is 24.3 Å². The molecule has 1 heterocycles. The van der Waals surface area contributed by atoms with Crippen LogP contribution in [0.4, 0.5) is 0 Å².